The van der Waals surface area contributed by atoms with E-state index in [9.17, 15) is 4.79 Å². The largest absolute Gasteiger partial charge is 0.355 e. The third kappa shape index (κ3) is 5.10. The molecule has 0 spiro atoms. The molecule has 1 unspecified atom stereocenters. The molecule has 3 N–H and O–H groups in total. The summed E-state index contributed by atoms with van der Waals surface area (Å²) in [7, 11) is 0. The highest BCUT2D eigenvalue weighted by atomic mass is 32.2. The van der Waals surface area contributed by atoms with Gasteiger partial charge in [-0.25, -0.2) is 0 Å². The number of carbonyl (C=O) groups is 1. The van der Waals surface area contributed by atoms with E-state index in [-0.39, 0.29) is 11.2 Å². The molecule has 1 atom stereocenters. The van der Waals surface area contributed by atoms with Crippen molar-refractivity contribution in [3.63, 3.8) is 0 Å². The fraction of sp³-hybridized carbons (Fsp3) is 0.500. The van der Waals surface area contributed by atoms with Crippen molar-refractivity contribution in [2.45, 2.75) is 37.5 Å². The van der Waals surface area contributed by atoms with Gasteiger partial charge in [-0.15, -0.1) is 11.8 Å². The second-order valence-corrected chi connectivity index (χ2v) is 6.16. The number of hydrogen-bond acceptors (Lipinski definition) is 3. The normalized spacial score (nSPS) is 12.5. The van der Waals surface area contributed by atoms with Gasteiger partial charge in [0.05, 0.1) is 5.25 Å². The number of rotatable bonds is 6. The van der Waals surface area contributed by atoms with Gasteiger partial charge in [0.15, 0.2) is 0 Å². The van der Waals surface area contributed by atoms with E-state index in [2.05, 4.69) is 19.2 Å². The molecule has 100 valence electrons. The summed E-state index contributed by atoms with van der Waals surface area (Å²) in [5.41, 5.74) is 6.65. The number of carbonyl (C=O) groups excluding carboxylic acids is 1. The minimum Gasteiger partial charge on any atom is -0.355 e. The Labute approximate surface area is 114 Å². The highest BCUT2D eigenvalue weighted by Crippen LogP contribution is 2.23. The highest BCUT2D eigenvalue weighted by Gasteiger charge is 2.14. The van der Waals surface area contributed by atoms with Gasteiger partial charge in [-0.1, -0.05) is 26.0 Å². The molecule has 0 radical (unpaired) electrons. The summed E-state index contributed by atoms with van der Waals surface area (Å²) in [6.07, 6.45) is 0. The molecule has 0 saturated carbocycles. The molecule has 18 heavy (non-hydrogen) atoms. The number of thioether (sulfide) groups is 1. The fourth-order valence-corrected chi connectivity index (χ4v) is 2.30. The van der Waals surface area contributed by atoms with Gasteiger partial charge in [0, 0.05) is 18.0 Å². The summed E-state index contributed by atoms with van der Waals surface area (Å²) >= 11 is 1.57. The zero-order valence-corrected chi connectivity index (χ0v) is 12.1. The lowest BCUT2D eigenvalue weighted by Crippen LogP contribution is -2.33. The van der Waals surface area contributed by atoms with Gasteiger partial charge in [0.25, 0.3) is 0 Å². The molecule has 1 rings (SSSR count). The summed E-state index contributed by atoms with van der Waals surface area (Å²) in [5, 5.41) is 2.87. The molecule has 0 aliphatic heterocycles. The zero-order chi connectivity index (χ0) is 13.5. The summed E-state index contributed by atoms with van der Waals surface area (Å²) < 4.78 is 0. The first-order chi connectivity index (χ1) is 8.52. The molecule has 0 fully saturated rings. The van der Waals surface area contributed by atoms with Crippen LogP contribution in [0.25, 0.3) is 0 Å². The van der Waals surface area contributed by atoms with E-state index in [1.807, 2.05) is 31.2 Å². The third-order valence-corrected chi connectivity index (χ3v) is 3.64. The van der Waals surface area contributed by atoms with Gasteiger partial charge in [-0.2, -0.15) is 0 Å². The van der Waals surface area contributed by atoms with Crippen LogP contribution in [0.3, 0.4) is 0 Å². The Morgan fingerprint density at radius 3 is 2.39 bits per heavy atom. The number of nitrogens with two attached hydrogens (primary N) is 1. The van der Waals surface area contributed by atoms with E-state index in [1.54, 1.807) is 11.8 Å². The van der Waals surface area contributed by atoms with Crippen LogP contribution in [-0.4, -0.2) is 17.7 Å². The van der Waals surface area contributed by atoms with Crippen molar-refractivity contribution in [2.75, 3.05) is 6.54 Å². The zero-order valence-electron chi connectivity index (χ0n) is 11.3. The van der Waals surface area contributed by atoms with E-state index in [1.165, 1.54) is 0 Å². The summed E-state index contributed by atoms with van der Waals surface area (Å²) in [6.45, 7) is 7.38. The monoisotopic (exact) mass is 266 g/mol. The number of hydrogen-bond donors (Lipinski definition) is 2. The predicted molar refractivity (Wildman–Crippen MR) is 77.5 cm³/mol. The lowest BCUT2D eigenvalue weighted by atomic mass is 10.2. The first-order valence-electron chi connectivity index (χ1n) is 6.26. The van der Waals surface area contributed by atoms with Crippen LogP contribution in [0.5, 0.6) is 0 Å². The SMILES string of the molecule is CC(C)CNC(=O)C(C)Sc1ccc(CN)cc1. The molecule has 1 aromatic rings. The minimum absolute atomic E-state index is 0.0764. The molecule has 0 heterocycles. The van der Waals surface area contributed by atoms with E-state index in [4.69, 9.17) is 5.73 Å². The third-order valence-electron chi connectivity index (χ3n) is 2.53. The lowest BCUT2D eigenvalue weighted by molar-refractivity contribution is -0.120. The Morgan fingerprint density at radius 1 is 1.28 bits per heavy atom. The van der Waals surface area contributed by atoms with Crippen LogP contribution in [0.1, 0.15) is 26.3 Å². The molecule has 4 heteroatoms. The van der Waals surface area contributed by atoms with Crippen molar-refractivity contribution in [1.29, 1.82) is 0 Å². The molecular formula is C14H22N2OS. The van der Waals surface area contributed by atoms with Crippen molar-refractivity contribution in [1.82, 2.24) is 5.32 Å². The van der Waals surface area contributed by atoms with Gasteiger partial charge in [0.1, 0.15) is 0 Å². The summed E-state index contributed by atoms with van der Waals surface area (Å²) in [5.74, 6) is 0.576. The fourth-order valence-electron chi connectivity index (χ4n) is 1.41. The second-order valence-electron chi connectivity index (χ2n) is 4.75. The van der Waals surface area contributed by atoms with Gasteiger partial charge >= 0.3 is 0 Å². The van der Waals surface area contributed by atoms with Crippen molar-refractivity contribution >= 4 is 17.7 Å². The van der Waals surface area contributed by atoms with E-state index < -0.39 is 0 Å². The Morgan fingerprint density at radius 2 is 1.89 bits per heavy atom. The van der Waals surface area contributed by atoms with Crippen LogP contribution in [0.15, 0.2) is 29.2 Å². The van der Waals surface area contributed by atoms with Crippen molar-refractivity contribution in [2.24, 2.45) is 11.7 Å². The molecule has 1 amide bonds. The maximum absolute atomic E-state index is 11.8. The van der Waals surface area contributed by atoms with Gasteiger partial charge in [-0.05, 0) is 30.5 Å². The maximum Gasteiger partial charge on any atom is 0.233 e. The molecule has 0 aliphatic rings. The predicted octanol–water partition coefficient (Wildman–Crippen LogP) is 2.40. The first-order valence-corrected chi connectivity index (χ1v) is 7.14. The number of benzene rings is 1. The van der Waals surface area contributed by atoms with Crippen LogP contribution in [0.2, 0.25) is 0 Å². The van der Waals surface area contributed by atoms with Crippen molar-refractivity contribution in [3.05, 3.63) is 29.8 Å². The van der Waals surface area contributed by atoms with Crippen molar-refractivity contribution < 1.29 is 4.79 Å². The Bertz CT molecular complexity index is 376. The van der Waals surface area contributed by atoms with Gasteiger partial charge in [-0.3, -0.25) is 4.79 Å². The Balaban J connectivity index is 2.47. The first kappa shape index (κ1) is 15.1. The minimum atomic E-state index is -0.0764. The second kappa shape index (κ2) is 7.44. The molecule has 0 saturated heterocycles. The molecule has 1 aromatic carbocycles. The van der Waals surface area contributed by atoms with E-state index in [0.29, 0.717) is 12.5 Å². The number of nitrogens with one attached hydrogen (secondary N) is 1. The standard InChI is InChI=1S/C14H22N2OS/c1-10(2)9-16-14(17)11(3)18-13-6-4-12(8-15)5-7-13/h4-7,10-11H,8-9,15H2,1-3H3,(H,16,17). The average Bonchev–Trinajstić information content (AvgIpc) is 2.36. The topological polar surface area (TPSA) is 55.1 Å². The lowest BCUT2D eigenvalue weighted by Gasteiger charge is -2.13. The molecule has 3 nitrogen and oxygen atoms in total. The molecule has 0 bridgehead atoms. The smallest absolute Gasteiger partial charge is 0.233 e. The van der Waals surface area contributed by atoms with E-state index >= 15 is 0 Å². The van der Waals surface area contributed by atoms with Crippen molar-refractivity contribution in [3.8, 4) is 0 Å². The Hall–Kier alpha value is -1.00. The van der Waals surface area contributed by atoms with E-state index in [0.717, 1.165) is 17.0 Å². The highest BCUT2D eigenvalue weighted by molar-refractivity contribution is 8.00. The van der Waals surface area contributed by atoms with Crippen LogP contribution in [0.4, 0.5) is 0 Å². The number of amides is 1. The average molecular weight is 266 g/mol. The van der Waals surface area contributed by atoms with Crippen LogP contribution < -0.4 is 11.1 Å². The maximum atomic E-state index is 11.8. The molecular weight excluding hydrogens is 244 g/mol. The van der Waals surface area contributed by atoms with Gasteiger partial charge in [0.2, 0.25) is 5.91 Å². The van der Waals surface area contributed by atoms with Crippen LogP contribution >= 0.6 is 11.8 Å². The molecule has 0 aliphatic carbocycles. The quantitative estimate of drug-likeness (QED) is 0.777. The summed E-state index contributed by atoms with van der Waals surface area (Å²) in [6, 6.07) is 8.03. The van der Waals surface area contributed by atoms with Crippen LogP contribution in [0, 0.1) is 5.92 Å². The Kier molecular flexibility index (Phi) is 6.22. The molecule has 0 aromatic heterocycles. The van der Waals surface area contributed by atoms with Gasteiger partial charge < -0.3 is 11.1 Å². The summed E-state index contributed by atoms with van der Waals surface area (Å²) in [4.78, 5) is 12.9. The van der Waals surface area contributed by atoms with Crippen LogP contribution in [-0.2, 0) is 11.3 Å².